The van der Waals surface area contributed by atoms with Crippen molar-refractivity contribution in [3.05, 3.63) is 123 Å². The highest BCUT2D eigenvalue weighted by molar-refractivity contribution is 7.92. The van der Waals surface area contributed by atoms with Crippen LogP contribution in [0.25, 0.3) is 5.69 Å². The number of halogens is 2. The van der Waals surface area contributed by atoms with Crippen LogP contribution < -0.4 is 31.3 Å². The Hall–Kier alpha value is -5.90. The van der Waals surface area contributed by atoms with Gasteiger partial charge in [0.25, 0.3) is 11.5 Å². The van der Waals surface area contributed by atoms with Gasteiger partial charge >= 0.3 is 5.69 Å². The van der Waals surface area contributed by atoms with Gasteiger partial charge in [0, 0.05) is 36.3 Å². The lowest BCUT2D eigenvalue weighted by Gasteiger charge is -2.16. The average Bonchev–Trinajstić information content (AvgIpc) is 3.00. The summed E-state index contributed by atoms with van der Waals surface area (Å²) in [5.74, 6) is -1.61. The van der Waals surface area contributed by atoms with E-state index in [0.717, 1.165) is 35.2 Å². The molecule has 0 aliphatic carbocycles. The summed E-state index contributed by atoms with van der Waals surface area (Å²) >= 11 is 0. The van der Waals surface area contributed by atoms with Gasteiger partial charge in [0.15, 0.2) is 11.6 Å². The van der Waals surface area contributed by atoms with Crippen molar-refractivity contribution in [2.45, 2.75) is 19.9 Å². The smallest absolute Gasteiger partial charge is 0.335 e. The van der Waals surface area contributed by atoms with Crippen molar-refractivity contribution in [1.29, 1.82) is 0 Å². The van der Waals surface area contributed by atoms with Crippen LogP contribution in [0.4, 0.5) is 31.8 Å². The number of benzene rings is 2. The average molecular weight is 664 g/mol. The van der Waals surface area contributed by atoms with E-state index in [0.29, 0.717) is 11.6 Å². The summed E-state index contributed by atoms with van der Waals surface area (Å²) in [5.41, 5.74) is -1.69. The third-order valence-electron chi connectivity index (χ3n) is 6.47. The first-order valence-electron chi connectivity index (χ1n) is 13.9. The van der Waals surface area contributed by atoms with E-state index >= 15 is 4.39 Å². The van der Waals surface area contributed by atoms with Crippen LogP contribution in [0.1, 0.15) is 30.2 Å². The number of ether oxygens (including phenoxy) is 1. The van der Waals surface area contributed by atoms with Gasteiger partial charge in [0.1, 0.15) is 28.8 Å². The van der Waals surface area contributed by atoms with Crippen LogP contribution in [0.3, 0.4) is 0 Å². The van der Waals surface area contributed by atoms with Gasteiger partial charge in [-0.2, -0.15) is 0 Å². The highest BCUT2D eigenvalue weighted by Gasteiger charge is 2.20. The number of sulfonamides is 1. The predicted molar refractivity (Wildman–Crippen MR) is 171 cm³/mol. The Morgan fingerprint density at radius 1 is 0.915 bits per heavy atom. The number of amides is 1. The Morgan fingerprint density at radius 2 is 1.64 bits per heavy atom. The highest BCUT2D eigenvalue weighted by atomic mass is 32.2. The van der Waals surface area contributed by atoms with Crippen molar-refractivity contribution in [3.8, 4) is 17.2 Å². The maximum atomic E-state index is 15.1. The molecular formula is C31H27F2N7O6S. The first-order valence-corrected chi connectivity index (χ1v) is 15.8. The number of carbonyl (C=O) groups excluding carboxylic acids is 1. The van der Waals surface area contributed by atoms with E-state index in [1.165, 1.54) is 65.5 Å². The number of rotatable bonds is 10. The van der Waals surface area contributed by atoms with E-state index in [1.54, 1.807) is 13.8 Å². The number of hydrogen-bond acceptors (Lipinski definition) is 9. The van der Waals surface area contributed by atoms with E-state index < -0.39 is 50.4 Å². The molecule has 2 aromatic carbocycles. The van der Waals surface area contributed by atoms with Gasteiger partial charge in [-0.3, -0.25) is 18.9 Å². The summed E-state index contributed by atoms with van der Waals surface area (Å²) in [5, 5.41) is 5.40. The van der Waals surface area contributed by atoms with E-state index in [2.05, 4.69) is 25.3 Å². The van der Waals surface area contributed by atoms with Gasteiger partial charge in [0.05, 0.1) is 23.8 Å². The summed E-state index contributed by atoms with van der Waals surface area (Å²) in [4.78, 5) is 47.8. The lowest BCUT2D eigenvalue weighted by Crippen LogP contribution is -2.42. The minimum Gasteiger partial charge on any atom is -0.454 e. The van der Waals surface area contributed by atoms with Gasteiger partial charge in [-0.15, -0.1) is 0 Å². The standard InChI is InChI=1S/C31H27F2N7O6S/c1-18(2)39-17-24(30(42)40(31(39)43)22-8-4-19(32)5-9-22)29(41)36-20-6-10-26(25(33)14-20)46-23-12-13-34-28(15-23)37-27-11-7-21(16-35-27)38-47(3,44)45/h4-18,38H,1-3H3,(H,36,41)(H,34,35,37). The van der Waals surface area contributed by atoms with Crippen LogP contribution in [0.2, 0.25) is 0 Å². The molecule has 0 bridgehead atoms. The maximum Gasteiger partial charge on any atom is 0.335 e. The summed E-state index contributed by atoms with van der Waals surface area (Å²) in [6.07, 6.45) is 4.89. The van der Waals surface area contributed by atoms with E-state index in [4.69, 9.17) is 4.74 Å². The molecule has 0 atom stereocenters. The summed E-state index contributed by atoms with van der Waals surface area (Å²) < 4.78 is 61.3. The molecule has 16 heteroatoms. The zero-order valence-corrected chi connectivity index (χ0v) is 25.9. The van der Waals surface area contributed by atoms with Crippen LogP contribution >= 0.6 is 0 Å². The molecule has 5 rings (SSSR count). The third-order valence-corrected chi connectivity index (χ3v) is 7.08. The topological polar surface area (TPSA) is 166 Å². The second kappa shape index (κ2) is 13.2. The van der Waals surface area contributed by atoms with Crippen LogP contribution in [0.15, 0.2) is 94.9 Å². The van der Waals surface area contributed by atoms with Crippen molar-refractivity contribution in [2.75, 3.05) is 21.6 Å². The number of aromatic nitrogens is 4. The summed E-state index contributed by atoms with van der Waals surface area (Å²) in [7, 11) is -3.45. The van der Waals surface area contributed by atoms with Gasteiger partial charge in [0.2, 0.25) is 10.0 Å². The zero-order valence-electron chi connectivity index (χ0n) is 25.1. The molecule has 1 amide bonds. The molecular weight excluding hydrogens is 636 g/mol. The second-order valence-electron chi connectivity index (χ2n) is 10.5. The monoisotopic (exact) mass is 663 g/mol. The molecule has 5 aromatic rings. The number of carbonyl (C=O) groups is 1. The Bertz CT molecular complexity index is 2190. The van der Waals surface area contributed by atoms with Gasteiger partial charge in [-0.1, -0.05) is 0 Å². The predicted octanol–water partition coefficient (Wildman–Crippen LogP) is 4.81. The molecule has 242 valence electrons. The van der Waals surface area contributed by atoms with Crippen LogP contribution in [0, 0.1) is 11.6 Å². The maximum absolute atomic E-state index is 15.1. The molecule has 47 heavy (non-hydrogen) atoms. The lowest BCUT2D eigenvalue weighted by atomic mass is 10.2. The lowest BCUT2D eigenvalue weighted by molar-refractivity contribution is 0.102. The molecule has 0 radical (unpaired) electrons. The zero-order chi connectivity index (χ0) is 33.9. The first kappa shape index (κ1) is 32.5. The second-order valence-corrected chi connectivity index (χ2v) is 12.2. The fourth-order valence-corrected chi connectivity index (χ4v) is 4.87. The SMILES string of the molecule is CC(C)n1cc(C(=O)Nc2ccc(Oc3ccnc(Nc4ccc(NS(C)(=O)=O)cn4)c3)c(F)c2)c(=O)n(-c2ccc(F)cc2)c1=O. The van der Waals surface area contributed by atoms with E-state index in [9.17, 15) is 27.2 Å². The van der Waals surface area contributed by atoms with Crippen molar-refractivity contribution >= 4 is 38.9 Å². The largest absolute Gasteiger partial charge is 0.454 e. The van der Waals surface area contributed by atoms with Gasteiger partial charge < -0.3 is 15.4 Å². The number of hydrogen-bond donors (Lipinski definition) is 3. The Morgan fingerprint density at radius 3 is 2.28 bits per heavy atom. The molecule has 0 saturated heterocycles. The molecule has 3 heterocycles. The number of anilines is 4. The Labute approximate surface area is 266 Å². The van der Waals surface area contributed by atoms with Crippen LogP contribution in [-0.2, 0) is 10.0 Å². The fraction of sp³-hybridized carbons (Fsp3) is 0.129. The molecule has 0 aliphatic rings. The van der Waals surface area contributed by atoms with Crippen molar-refractivity contribution in [1.82, 2.24) is 19.1 Å². The highest BCUT2D eigenvalue weighted by Crippen LogP contribution is 2.28. The summed E-state index contributed by atoms with van der Waals surface area (Å²) in [6, 6.07) is 13.9. The third kappa shape index (κ3) is 7.85. The normalized spacial score (nSPS) is 11.3. The fourth-order valence-electron chi connectivity index (χ4n) is 4.32. The number of nitrogens with one attached hydrogen (secondary N) is 3. The van der Waals surface area contributed by atoms with Crippen LogP contribution in [0.5, 0.6) is 11.5 Å². The Balaban J connectivity index is 1.32. The quantitative estimate of drug-likeness (QED) is 0.190. The molecule has 0 aliphatic heterocycles. The van der Waals surface area contributed by atoms with Gasteiger partial charge in [-0.25, -0.2) is 36.5 Å². The van der Waals surface area contributed by atoms with Crippen molar-refractivity contribution in [2.24, 2.45) is 0 Å². The van der Waals surface area contributed by atoms with Crippen LogP contribution in [-0.4, -0.2) is 39.7 Å². The molecule has 13 nitrogen and oxygen atoms in total. The summed E-state index contributed by atoms with van der Waals surface area (Å²) in [6.45, 7) is 3.38. The molecule has 0 saturated carbocycles. The Kier molecular flexibility index (Phi) is 9.14. The molecule has 0 unspecified atom stereocenters. The van der Waals surface area contributed by atoms with E-state index in [1.807, 2.05) is 0 Å². The molecule has 3 N–H and O–H groups in total. The molecule has 0 fully saturated rings. The number of pyridine rings is 2. The molecule has 3 aromatic heterocycles. The minimum atomic E-state index is -3.45. The van der Waals surface area contributed by atoms with Crippen molar-refractivity contribution < 1.29 is 26.7 Å². The minimum absolute atomic E-state index is 0.00634. The molecule has 0 spiro atoms. The first-order chi connectivity index (χ1) is 22.3. The van der Waals surface area contributed by atoms with Crippen molar-refractivity contribution in [3.63, 3.8) is 0 Å². The number of nitrogens with zero attached hydrogens (tertiary/aromatic N) is 4. The van der Waals surface area contributed by atoms with Gasteiger partial charge in [-0.05, 0) is 68.4 Å². The van der Waals surface area contributed by atoms with E-state index in [-0.39, 0.29) is 28.6 Å².